The molecule has 0 aromatic carbocycles. The van der Waals surface area contributed by atoms with Gasteiger partial charge in [-0.1, -0.05) is 0 Å². The van der Waals surface area contributed by atoms with E-state index in [0.29, 0.717) is 12.1 Å². The summed E-state index contributed by atoms with van der Waals surface area (Å²) in [6.07, 6.45) is 1.03. The zero-order valence-corrected chi connectivity index (χ0v) is 16.3. The van der Waals surface area contributed by atoms with Gasteiger partial charge in [0.15, 0.2) is 5.96 Å². The molecular weight excluding hydrogens is 320 g/mol. The predicted molar refractivity (Wildman–Crippen MR) is 103 cm³/mol. The summed E-state index contributed by atoms with van der Waals surface area (Å²) in [5.74, 6) is 0.915. The zero-order chi connectivity index (χ0) is 17.4. The van der Waals surface area contributed by atoms with E-state index in [4.69, 9.17) is 9.73 Å². The van der Waals surface area contributed by atoms with Crippen molar-refractivity contribution >= 4 is 17.3 Å². The lowest BCUT2D eigenvalue weighted by atomic mass is 10.2. The topological polar surface area (TPSA) is 48.9 Å². The van der Waals surface area contributed by atoms with E-state index in [9.17, 15) is 0 Å². The van der Waals surface area contributed by atoms with Crippen molar-refractivity contribution in [3.63, 3.8) is 0 Å². The maximum Gasteiger partial charge on any atom is 0.191 e. The van der Waals surface area contributed by atoms with Crippen LogP contribution < -0.4 is 10.6 Å². The van der Waals surface area contributed by atoms with Gasteiger partial charge in [-0.05, 0) is 39.8 Å². The Bertz CT molecular complexity index is 511. The van der Waals surface area contributed by atoms with E-state index in [-0.39, 0.29) is 0 Å². The molecule has 2 heterocycles. The van der Waals surface area contributed by atoms with Crippen molar-refractivity contribution in [2.75, 3.05) is 39.4 Å². The molecule has 0 saturated carbocycles. The molecule has 1 saturated heterocycles. The third-order valence-electron chi connectivity index (χ3n) is 4.21. The van der Waals surface area contributed by atoms with Crippen molar-refractivity contribution in [2.24, 2.45) is 4.99 Å². The first-order valence-corrected chi connectivity index (χ1v) is 9.82. The molecule has 1 aromatic rings. The molecule has 1 aliphatic rings. The second kappa shape index (κ2) is 10.0. The molecule has 2 unspecified atom stereocenters. The standard InChI is InChI=1S/C18H32N4OS/c1-5-19-18(20-13-15(3)22-8-10-23-11-9-22)21-14(2)12-17-7-6-16(4)24-17/h6-7,14-15H,5,8-13H2,1-4H3,(H2,19,20,21). The third-order valence-corrected chi connectivity index (χ3v) is 5.24. The van der Waals surface area contributed by atoms with Gasteiger partial charge >= 0.3 is 0 Å². The summed E-state index contributed by atoms with van der Waals surface area (Å²) in [6, 6.07) is 5.22. The molecule has 1 fully saturated rings. The van der Waals surface area contributed by atoms with Crippen LogP contribution in [0.2, 0.25) is 0 Å². The first-order valence-electron chi connectivity index (χ1n) is 9.00. The Balaban J connectivity index is 1.84. The van der Waals surface area contributed by atoms with E-state index < -0.39 is 0 Å². The van der Waals surface area contributed by atoms with Gasteiger partial charge in [0.1, 0.15) is 0 Å². The number of rotatable bonds is 7. The van der Waals surface area contributed by atoms with Crippen molar-refractivity contribution in [2.45, 2.75) is 46.2 Å². The molecule has 0 amide bonds. The minimum absolute atomic E-state index is 0.361. The molecule has 1 aliphatic heterocycles. The van der Waals surface area contributed by atoms with Gasteiger partial charge in [0.2, 0.25) is 0 Å². The number of hydrogen-bond donors (Lipinski definition) is 2. The van der Waals surface area contributed by atoms with Gasteiger partial charge in [-0.3, -0.25) is 9.89 Å². The van der Waals surface area contributed by atoms with E-state index >= 15 is 0 Å². The molecule has 2 rings (SSSR count). The highest BCUT2D eigenvalue weighted by Gasteiger charge is 2.17. The Kier molecular flexibility index (Phi) is 8.02. The first kappa shape index (κ1) is 19.2. The van der Waals surface area contributed by atoms with Crippen LogP contribution in [0.25, 0.3) is 0 Å². The van der Waals surface area contributed by atoms with Crippen LogP contribution in [0.15, 0.2) is 17.1 Å². The van der Waals surface area contributed by atoms with Crippen LogP contribution in [-0.2, 0) is 11.2 Å². The fourth-order valence-electron chi connectivity index (χ4n) is 2.86. The van der Waals surface area contributed by atoms with E-state index in [2.05, 4.69) is 55.4 Å². The quantitative estimate of drug-likeness (QED) is 0.584. The summed E-state index contributed by atoms with van der Waals surface area (Å²) in [4.78, 5) is 10.0. The number of ether oxygens (including phenoxy) is 1. The first-order chi connectivity index (χ1) is 11.6. The molecule has 0 radical (unpaired) electrons. The Morgan fingerprint density at radius 3 is 2.71 bits per heavy atom. The molecule has 6 heteroatoms. The fourth-order valence-corrected chi connectivity index (χ4v) is 3.88. The minimum atomic E-state index is 0.361. The second-order valence-corrected chi connectivity index (χ2v) is 7.85. The molecule has 2 atom stereocenters. The molecule has 0 spiro atoms. The van der Waals surface area contributed by atoms with Gasteiger partial charge in [-0.25, -0.2) is 0 Å². The van der Waals surface area contributed by atoms with Crippen molar-refractivity contribution < 1.29 is 4.74 Å². The van der Waals surface area contributed by atoms with E-state index in [1.807, 2.05) is 11.3 Å². The highest BCUT2D eigenvalue weighted by Crippen LogP contribution is 2.16. The molecule has 0 bridgehead atoms. The Morgan fingerprint density at radius 2 is 2.08 bits per heavy atom. The highest BCUT2D eigenvalue weighted by molar-refractivity contribution is 7.11. The van der Waals surface area contributed by atoms with Gasteiger partial charge in [0.25, 0.3) is 0 Å². The summed E-state index contributed by atoms with van der Waals surface area (Å²) in [5, 5.41) is 6.90. The number of hydrogen-bond acceptors (Lipinski definition) is 4. The lowest BCUT2D eigenvalue weighted by molar-refractivity contribution is 0.0220. The maximum absolute atomic E-state index is 5.42. The number of morpholine rings is 1. The van der Waals surface area contributed by atoms with Crippen molar-refractivity contribution in [3.05, 3.63) is 21.9 Å². The average molecular weight is 353 g/mol. The third kappa shape index (κ3) is 6.42. The normalized spacial score (nSPS) is 19.1. The monoisotopic (exact) mass is 352 g/mol. The van der Waals surface area contributed by atoms with Gasteiger partial charge in [-0.15, -0.1) is 11.3 Å². The van der Waals surface area contributed by atoms with Crippen LogP contribution in [0.5, 0.6) is 0 Å². The Morgan fingerprint density at radius 1 is 1.33 bits per heavy atom. The number of aliphatic imine (C=N–C) groups is 1. The van der Waals surface area contributed by atoms with Crippen LogP contribution in [0.1, 0.15) is 30.5 Å². The number of nitrogens with one attached hydrogen (secondary N) is 2. The fraction of sp³-hybridized carbons (Fsp3) is 0.722. The smallest absolute Gasteiger partial charge is 0.191 e. The van der Waals surface area contributed by atoms with E-state index in [1.54, 1.807) is 0 Å². The summed E-state index contributed by atoms with van der Waals surface area (Å²) in [7, 11) is 0. The minimum Gasteiger partial charge on any atom is -0.379 e. The summed E-state index contributed by atoms with van der Waals surface area (Å²) < 4.78 is 5.42. The number of guanidine groups is 1. The predicted octanol–water partition coefficient (Wildman–Crippen LogP) is 2.26. The summed E-state index contributed by atoms with van der Waals surface area (Å²) in [5.41, 5.74) is 0. The molecular formula is C18H32N4OS. The van der Waals surface area contributed by atoms with Crippen LogP contribution in [0, 0.1) is 6.92 Å². The average Bonchev–Trinajstić information content (AvgIpc) is 2.98. The summed E-state index contributed by atoms with van der Waals surface area (Å²) >= 11 is 1.87. The molecule has 5 nitrogen and oxygen atoms in total. The number of aryl methyl sites for hydroxylation is 1. The maximum atomic E-state index is 5.42. The highest BCUT2D eigenvalue weighted by atomic mass is 32.1. The SMILES string of the molecule is CCNC(=NCC(C)N1CCOCC1)NC(C)Cc1ccc(C)s1. The second-order valence-electron chi connectivity index (χ2n) is 6.48. The molecule has 136 valence electrons. The van der Waals surface area contributed by atoms with Crippen molar-refractivity contribution in [1.82, 2.24) is 15.5 Å². The van der Waals surface area contributed by atoms with Crippen LogP contribution in [0.3, 0.4) is 0 Å². The van der Waals surface area contributed by atoms with E-state index in [1.165, 1.54) is 9.75 Å². The lowest BCUT2D eigenvalue weighted by Crippen LogP contribution is -2.46. The molecule has 24 heavy (non-hydrogen) atoms. The molecule has 2 N–H and O–H groups in total. The number of thiophene rings is 1. The number of nitrogens with zero attached hydrogens (tertiary/aromatic N) is 2. The van der Waals surface area contributed by atoms with E-state index in [0.717, 1.165) is 51.8 Å². The van der Waals surface area contributed by atoms with Gasteiger partial charge < -0.3 is 15.4 Å². The Hall–Kier alpha value is -1.11. The van der Waals surface area contributed by atoms with Gasteiger partial charge in [0.05, 0.1) is 19.8 Å². The van der Waals surface area contributed by atoms with Crippen LogP contribution in [-0.4, -0.2) is 62.3 Å². The van der Waals surface area contributed by atoms with Crippen LogP contribution in [0.4, 0.5) is 0 Å². The lowest BCUT2D eigenvalue weighted by Gasteiger charge is -2.31. The van der Waals surface area contributed by atoms with Crippen LogP contribution >= 0.6 is 11.3 Å². The molecule has 1 aromatic heterocycles. The Labute approximate surface area is 150 Å². The van der Waals surface area contributed by atoms with Gasteiger partial charge in [0, 0.05) is 47.9 Å². The molecule has 0 aliphatic carbocycles. The van der Waals surface area contributed by atoms with Crippen molar-refractivity contribution in [1.29, 1.82) is 0 Å². The summed E-state index contributed by atoms with van der Waals surface area (Å²) in [6.45, 7) is 14.1. The zero-order valence-electron chi connectivity index (χ0n) is 15.5. The largest absolute Gasteiger partial charge is 0.379 e. The van der Waals surface area contributed by atoms with Crippen molar-refractivity contribution in [3.8, 4) is 0 Å². The van der Waals surface area contributed by atoms with Gasteiger partial charge in [-0.2, -0.15) is 0 Å².